The fourth-order valence-corrected chi connectivity index (χ4v) is 5.66. The van der Waals surface area contributed by atoms with Crippen LogP contribution in [0.25, 0.3) is 0 Å². The van der Waals surface area contributed by atoms with Crippen LogP contribution in [0.4, 0.5) is 5.69 Å². The molecule has 1 aliphatic rings. The van der Waals surface area contributed by atoms with Crippen LogP contribution in [0.15, 0.2) is 24.3 Å². The van der Waals surface area contributed by atoms with Gasteiger partial charge in [0, 0.05) is 84.1 Å². The van der Waals surface area contributed by atoms with Gasteiger partial charge in [-0.1, -0.05) is 31.9 Å². The first-order valence-electron chi connectivity index (χ1n) is 16.5. The molecule has 0 radical (unpaired) electrons. The number of hydrogen-bond acceptors (Lipinski definition) is 12. The minimum absolute atomic E-state index is 0.0652. The highest BCUT2D eigenvalue weighted by atomic mass is 17.1. The third kappa shape index (κ3) is 16.7. The number of unbranched alkanes of at least 4 members (excludes halogenated alkanes) is 2. The van der Waals surface area contributed by atoms with Crippen molar-refractivity contribution in [3.05, 3.63) is 29.8 Å². The number of carbonyl (C=O) groups excluding carboxylic acids is 2. The quantitative estimate of drug-likeness (QED) is 0.0786. The fourth-order valence-electron chi connectivity index (χ4n) is 5.66. The van der Waals surface area contributed by atoms with Crippen LogP contribution in [-0.4, -0.2) is 174 Å². The van der Waals surface area contributed by atoms with Crippen molar-refractivity contribution < 1.29 is 49.7 Å². The molecular formula is C32H54N6O10. The van der Waals surface area contributed by atoms with Gasteiger partial charge >= 0.3 is 11.9 Å². The summed E-state index contributed by atoms with van der Waals surface area (Å²) in [6, 6.07) is 6.80. The minimum atomic E-state index is -1.01. The summed E-state index contributed by atoms with van der Waals surface area (Å²) in [5, 5.41) is 40.2. The van der Waals surface area contributed by atoms with Gasteiger partial charge in [0.15, 0.2) is 0 Å². The van der Waals surface area contributed by atoms with E-state index >= 15 is 0 Å². The summed E-state index contributed by atoms with van der Waals surface area (Å²) in [4.78, 5) is 66.5. The summed E-state index contributed by atoms with van der Waals surface area (Å²) in [6.07, 6.45) is 3.57. The van der Waals surface area contributed by atoms with Crippen molar-refractivity contribution in [2.24, 2.45) is 0 Å². The molecule has 1 atom stereocenters. The first-order chi connectivity index (χ1) is 23.0. The number of amides is 2. The Hall–Kier alpha value is -3.22. The molecule has 0 aliphatic carbocycles. The second-order valence-corrected chi connectivity index (χ2v) is 12.2. The molecule has 1 heterocycles. The predicted octanol–water partition coefficient (Wildman–Crippen LogP) is 0.945. The van der Waals surface area contributed by atoms with Gasteiger partial charge in [0.25, 0.3) is 0 Å². The highest BCUT2D eigenvalue weighted by Crippen LogP contribution is 2.16. The van der Waals surface area contributed by atoms with Crippen molar-refractivity contribution in [1.29, 1.82) is 0 Å². The van der Waals surface area contributed by atoms with E-state index in [1.807, 2.05) is 17.0 Å². The number of carboxylic acids is 2. The van der Waals surface area contributed by atoms with Crippen molar-refractivity contribution in [3.8, 4) is 0 Å². The first kappa shape index (κ1) is 41.0. The summed E-state index contributed by atoms with van der Waals surface area (Å²) in [5.41, 5.74) is 1.42. The Bertz CT molecular complexity index is 1110. The fraction of sp³-hybridized carbons (Fsp3) is 0.688. The molecule has 5 N–H and O–H groups in total. The molecule has 0 bridgehead atoms. The number of nitrogens with one attached hydrogen (secondary N) is 1. The van der Waals surface area contributed by atoms with Gasteiger partial charge in [0.2, 0.25) is 11.8 Å². The van der Waals surface area contributed by atoms with E-state index in [2.05, 4.69) is 31.8 Å². The van der Waals surface area contributed by atoms with Crippen LogP contribution in [0.3, 0.4) is 0 Å². The lowest BCUT2D eigenvalue weighted by Gasteiger charge is -2.38. The summed E-state index contributed by atoms with van der Waals surface area (Å²) in [5.74, 6) is -2.41. The van der Waals surface area contributed by atoms with Gasteiger partial charge in [-0.05, 0) is 30.5 Å². The zero-order chi connectivity index (χ0) is 35.3. The van der Waals surface area contributed by atoms with Crippen LogP contribution in [0.5, 0.6) is 0 Å². The third-order valence-corrected chi connectivity index (χ3v) is 8.36. The number of carbonyl (C=O) groups is 4. The molecule has 16 nitrogen and oxygen atoms in total. The van der Waals surface area contributed by atoms with E-state index in [-0.39, 0.29) is 57.2 Å². The van der Waals surface area contributed by atoms with Crippen LogP contribution in [-0.2, 0) is 35.4 Å². The van der Waals surface area contributed by atoms with Gasteiger partial charge in [-0.3, -0.25) is 49.3 Å². The van der Waals surface area contributed by atoms with Crippen LogP contribution in [0, 0.1) is 0 Å². The van der Waals surface area contributed by atoms with E-state index in [1.54, 1.807) is 24.1 Å². The number of nitrogens with zero attached hydrogens (tertiary/aromatic N) is 5. The molecule has 1 saturated heterocycles. The Morgan fingerprint density at radius 3 is 1.94 bits per heavy atom. The molecule has 48 heavy (non-hydrogen) atoms. The number of hydrogen-bond donors (Lipinski definition) is 5. The predicted molar refractivity (Wildman–Crippen MR) is 178 cm³/mol. The zero-order valence-electron chi connectivity index (χ0n) is 28.3. The van der Waals surface area contributed by atoms with Crippen molar-refractivity contribution in [3.63, 3.8) is 0 Å². The highest BCUT2D eigenvalue weighted by Gasteiger charge is 2.27. The largest absolute Gasteiger partial charge is 0.480 e. The minimum Gasteiger partial charge on any atom is -0.480 e. The first-order valence-corrected chi connectivity index (χ1v) is 16.5. The van der Waals surface area contributed by atoms with Gasteiger partial charge < -0.3 is 20.4 Å². The number of carboxylic acid groups (broad SMARTS) is 2. The highest BCUT2D eigenvalue weighted by molar-refractivity contribution is 5.94. The van der Waals surface area contributed by atoms with E-state index in [4.69, 9.17) is 10.5 Å². The SMILES string of the molecule is CCCCCC(=O)N(C)CC(=O)Nc1ccc(CC2CN(CC(=O)O)CCN(CCOO)CCN(CCOO)CCN2CC(=O)O)cc1. The zero-order valence-corrected chi connectivity index (χ0v) is 28.3. The number of aliphatic carboxylic acids is 2. The Balaban J connectivity index is 2.24. The van der Waals surface area contributed by atoms with Gasteiger partial charge in [-0.25, -0.2) is 9.78 Å². The standard InChI is InChI=1S/C32H54N6O10/c1-3-4-5-6-30(40)34(2)23-29(39)33-27-9-7-26(8-10-27)21-28-22-37(24-31(41)42)14-13-35(17-19-47-45)11-12-36(18-20-48-46)15-16-38(28)25-32(43)44/h7-10,28,45-46H,3-6,11-25H2,1-2H3,(H,33,39)(H,41,42)(H,43,44). The number of likely N-dealkylation sites (N-methyl/N-ethyl adjacent to an activating group) is 1. The average molecular weight is 683 g/mol. The lowest BCUT2D eigenvalue weighted by Crippen LogP contribution is -2.53. The van der Waals surface area contributed by atoms with Crippen molar-refractivity contribution in [1.82, 2.24) is 24.5 Å². The Morgan fingerprint density at radius 2 is 1.40 bits per heavy atom. The molecular weight excluding hydrogens is 628 g/mol. The summed E-state index contributed by atoms with van der Waals surface area (Å²) >= 11 is 0. The molecule has 1 fully saturated rings. The topological polar surface area (TPSA) is 196 Å². The molecule has 0 aromatic heterocycles. The van der Waals surface area contributed by atoms with Crippen LogP contribution >= 0.6 is 0 Å². The van der Waals surface area contributed by atoms with Crippen LogP contribution in [0.2, 0.25) is 0 Å². The molecule has 1 unspecified atom stereocenters. The molecule has 0 spiro atoms. The second-order valence-electron chi connectivity index (χ2n) is 12.2. The van der Waals surface area contributed by atoms with E-state index in [9.17, 15) is 29.4 Å². The number of rotatable bonds is 19. The summed E-state index contributed by atoms with van der Waals surface area (Å²) < 4.78 is 0. The molecule has 0 saturated carbocycles. The van der Waals surface area contributed by atoms with E-state index < -0.39 is 11.9 Å². The van der Waals surface area contributed by atoms with Crippen molar-refractivity contribution >= 4 is 29.4 Å². The smallest absolute Gasteiger partial charge is 0.317 e. The normalized spacial score (nSPS) is 17.7. The van der Waals surface area contributed by atoms with Crippen LogP contribution < -0.4 is 5.32 Å². The van der Waals surface area contributed by atoms with Gasteiger partial charge in [-0.15, -0.1) is 0 Å². The van der Waals surface area contributed by atoms with Gasteiger partial charge in [-0.2, -0.15) is 0 Å². The average Bonchev–Trinajstić information content (AvgIpc) is 3.03. The number of benzene rings is 1. The summed E-state index contributed by atoms with van der Waals surface area (Å²) in [7, 11) is 1.61. The second kappa shape index (κ2) is 23.2. The third-order valence-electron chi connectivity index (χ3n) is 8.36. The molecule has 272 valence electrons. The maximum atomic E-state index is 12.6. The Labute approximate surface area is 282 Å². The lowest BCUT2D eigenvalue weighted by atomic mass is 10.0. The van der Waals surface area contributed by atoms with E-state index in [0.717, 1.165) is 24.8 Å². The monoisotopic (exact) mass is 682 g/mol. The van der Waals surface area contributed by atoms with Crippen LogP contribution in [0.1, 0.15) is 38.2 Å². The molecule has 1 aromatic carbocycles. The maximum absolute atomic E-state index is 12.6. The molecule has 16 heteroatoms. The van der Waals surface area contributed by atoms with E-state index in [0.29, 0.717) is 70.9 Å². The molecule has 1 aliphatic heterocycles. The van der Waals surface area contributed by atoms with E-state index in [1.165, 1.54) is 4.90 Å². The van der Waals surface area contributed by atoms with Gasteiger partial charge in [0.1, 0.15) is 0 Å². The maximum Gasteiger partial charge on any atom is 0.317 e. The lowest BCUT2D eigenvalue weighted by molar-refractivity contribution is -0.245. The van der Waals surface area contributed by atoms with Crippen molar-refractivity contribution in [2.45, 2.75) is 45.1 Å². The van der Waals surface area contributed by atoms with Gasteiger partial charge in [0.05, 0.1) is 32.8 Å². The Kier molecular flexibility index (Phi) is 19.8. The summed E-state index contributed by atoms with van der Waals surface area (Å²) in [6.45, 7) is 5.62. The number of anilines is 1. The van der Waals surface area contributed by atoms with Crippen molar-refractivity contribution in [2.75, 3.05) is 104 Å². The Morgan fingerprint density at radius 1 is 0.833 bits per heavy atom. The molecule has 1 aromatic rings. The molecule has 2 amide bonds. The molecule has 2 rings (SSSR count).